The molecule has 1 aliphatic heterocycles. The highest BCUT2D eigenvalue weighted by atomic mass is 32.2. The molecule has 0 aliphatic carbocycles. The van der Waals surface area contributed by atoms with Crippen LogP contribution in [0.4, 0.5) is 18.0 Å². The van der Waals surface area contributed by atoms with Gasteiger partial charge >= 0.3 is 12.3 Å². The van der Waals surface area contributed by atoms with Crippen molar-refractivity contribution in [1.29, 1.82) is 0 Å². The molecule has 2 rings (SSSR count). The van der Waals surface area contributed by atoms with E-state index in [1.54, 1.807) is 11.8 Å². The first kappa shape index (κ1) is 23.9. The number of hydrogen-bond acceptors (Lipinski definition) is 5. The van der Waals surface area contributed by atoms with Crippen molar-refractivity contribution in [3.05, 3.63) is 29.8 Å². The highest BCUT2D eigenvalue weighted by Crippen LogP contribution is 2.30. The Hall–Kier alpha value is -2.34. The summed E-state index contributed by atoms with van der Waals surface area (Å²) in [5.41, 5.74) is -1.07. The second-order valence-electron chi connectivity index (χ2n) is 6.70. The standard InChI is InChI=1S/C18H24F3N3O5S/c1-2-29-17(26)24-10-7-14(8-11-24)23-16(25)6-9-22-30(27,28)15-5-3-4-13(12-15)18(19,20)21/h3-5,12,14,22H,2,6-11H2,1H3,(H,23,25). The lowest BCUT2D eigenvalue weighted by molar-refractivity contribution is -0.137. The van der Waals surface area contributed by atoms with Gasteiger partial charge in [0, 0.05) is 32.1 Å². The Morgan fingerprint density at radius 3 is 2.50 bits per heavy atom. The molecule has 1 fully saturated rings. The smallest absolute Gasteiger partial charge is 0.416 e. The first-order valence-electron chi connectivity index (χ1n) is 9.41. The molecule has 1 saturated heterocycles. The summed E-state index contributed by atoms with van der Waals surface area (Å²) in [4.78, 5) is 24.7. The molecule has 1 aliphatic rings. The van der Waals surface area contributed by atoms with Crippen LogP contribution in [0.1, 0.15) is 31.7 Å². The zero-order valence-electron chi connectivity index (χ0n) is 16.4. The number of benzene rings is 1. The third-order valence-corrected chi connectivity index (χ3v) is 5.96. The lowest BCUT2D eigenvalue weighted by atomic mass is 10.1. The summed E-state index contributed by atoms with van der Waals surface area (Å²) in [6.45, 7) is 2.61. The molecular weight excluding hydrogens is 427 g/mol. The summed E-state index contributed by atoms with van der Waals surface area (Å²) in [7, 11) is -4.18. The van der Waals surface area contributed by atoms with Crippen molar-refractivity contribution in [3.63, 3.8) is 0 Å². The highest BCUT2D eigenvalue weighted by Gasteiger charge is 2.31. The minimum atomic E-state index is -4.66. The molecule has 168 valence electrons. The number of likely N-dealkylation sites (tertiary alicyclic amines) is 1. The first-order chi connectivity index (χ1) is 14.0. The van der Waals surface area contributed by atoms with Crippen LogP contribution in [0.25, 0.3) is 0 Å². The van der Waals surface area contributed by atoms with Gasteiger partial charge in [-0.1, -0.05) is 6.07 Å². The van der Waals surface area contributed by atoms with E-state index < -0.39 is 38.7 Å². The van der Waals surface area contributed by atoms with Crippen LogP contribution in [0, 0.1) is 0 Å². The van der Waals surface area contributed by atoms with Crippen molar-refractivity contribution < 1.29 is 35.9 Å². The molecule has 0 unspecified atom stereocenters. The summed E-state index contributed by atoms with van der Waals surface area (Å²) in [6.07, 6.45) is -4.14. The first-order valence-corrected chi connectivity index (χ1v) is 10.9. The average molecular weight is 451 g/mol. The average Bonchev–Trinajstić information content (AvgIpc) is 2.68. The van der Waals surface area contributed by atoms with Crippen LogP contribution >= 0.6 is 0 Å². The van der Waals surface area contributed by atoms with E-state index in [4.69, 9.17) is 4.74 Å². The van der Waals surface area contributed by atoms with E-state index >= 15 is 0 Å². The van der Waals surface area contributed by atoms with Crippen molar-refractivity contribution in [3.8, 4) is 0 Å². The Labute approximate surface area is 172 Å². The van der Waals surface area contributed by atoms with E-state index in [9.17, 15) is 31.2 Å². The minimum Gasteiger partial charge on any atom is -0.450 e. The molecular formula is C18H24F3N3O5S. The van der Waals surface area contributed by atoms with Crippen LogP contribution in [-0.4, -0.2) is 57.6 Å². The summed E-state index contributed by atoms with van der Waals surface area (Å²) in [6, 6.07) is 3.23. The zero-order valence-corrected chi connectivity index (χ0v) is 17.2. The molecule has 0 radical (unpaired) electrons. The van der Waals surface area contributed by atoms with Gasteiger partial charge in [0.15, 0.2) is 0 Å². The van der Waals surface area contributed by atoms with Crippen molar-refractivity contribution >= 4 is 22.0 Å². The van der Waals surface area contributed by atoms with Crippen LogP contribution in [0.3, 0.4) is 0 Å². The van der Waals surface area contributed by atoms with Gasteiger partial charge in [-0.2, -0.15) is 13.2 Å². The van der Waals surface area contributed by atoms with Crippen LogP contribution in [-0.2, 0) is 25.7 Å². The quantitative estimate of drug-likeness (QED) is 0.661. The number of alkyl halides is 3. The van der Waals surface area contributed by atoms with E-state index in [0.29, 0.717) is 32.0 Å². The van der Waals surface area contributed by atoms with Gasteiger partial charge in [-0.15, -0.1) is 0 Å². The Bertz CT molecular complexity index is 853. The number of rotatable bonds is 7. The summed E-state index contributed by atoms with van der Waals surface area (Å²) >= 11 is 0. The Kier molecular flexibility index (Phi) is 8.07. The number of amides is 2. The SMILES string of the molecule is CCOC(=O)N1CCC(NC(=O)CCNS(=O)(=O)c2cccc(C(F)(F)F)c2)CC1. The zero-order chi connectivity index (χ0) is 22.4. The summed E-state index contributed by atoms with van der Waals surface area (Å²) in [5, 5.41) is 2.76. The Morgan fingerprint density at radius 2 is 1.90 bits per heavy atom. The van der Waals surface area contributed by atoms with E-state index in [1.807, 2.05) is 0 Å². The molecule has 1 heterocycles. The molecule has 0 saturated carbocycles. The highest BCUT2D eigenvalue weighted by molar-refractivity contribution is 7.89. The molecule has 0 bridgehead atoms. The Balaban J connectivity index is 1.79. The van der Waals surface area contributed by atoms with Crippen molar-refractivity contribution in [2.45, 2.75) is 43.3 Å². The molecule has 0 spiro atoms. The second kappa shape index (κ2) is 10.1. The minimum absolute atomic E-state index is 0.150. The summed E-state index contributed by atoms with van der Waals surface area (Å²) in [5.74, 6) is -0.392. The third-order valence-electron chi connectivity index (χ3n) is 4.50. The molecule has 0 aromatic heterocycles. The number of halogens is 3. The maximum atomic E-state index is 12.7. The fraction of sp³-hybridized carbons (Fsp3) is 0.556. The molecule has 2 amide bonds. The van der Waals surface area contributed by atoms with Gasteiger partial charge in [0.05, 0.1) is 17.1 Å². The maximum absolute atomic E-state index is 12.7. The molecule has 0 atom stereocenters. The van der Waals surface area contributed by atoms with Crippen LogP contribution in [0.5, 0.6) is 0 Å². The number of carbonyl (C=O) groups is 2. The van der Waals surface area contributed by atoms with Gasteiger partial charge in [0.2, 0.25) is 15.9 Å². The molecule has 2 N–H and O–H groups in total. The third kappa shape index (κ3) is 6.87. The van der Waals surface area contributed by atoms with Crippen LogP contribution in [0.15, 0.2) is 29.2 Å². The number of piperidine rings is 1. The van der Waals surface area contributed by atoms with E-state index in [0.717, 1.165) is 18.2 Å². The summed E-state index contributed by atoms with van der Waals surface area (Å²) < 4.78 is 69.6. The lowest BCUT2D eigenvalue weighted by Crippen LogP contribution is -2.47. The van der Waals surface area contributed by atoms with E-state index in [-0.39, 0.29) is 25.6 Å². The number of nitrogens with one attached hydrogen (secondary N) is 2. The van der Waals surface area contributed by atoms with Gasteiger partial charge in [0.25, 0.3) is 0 Å². The largest absolute Gasteiger partial charge is 0.450 e. The van der Waals surface area contributed by atoms with Crippen molar-refractivity contribution in [2.75, 3.05) is 26.2 Å². The van der Waals surface area contributed by atoms with Gasteiger partial charge in [0.1, 0.15) is 0 Å². The fourth-order valence-electron chi connectivity index (χ4n) is 2.94. The number of hydrogen-bond donors (Lipinski definition) is 2. The second-order valence-corrected chi connectivity index (χ2v) is 8.47. The van der Waals surface area contributed by atoms with Gasteiger partial charge in [-0.05, 0) is 38.0 Å². The number of sulfonamides is 1. The Morgan fingerprint density at radius 1 is 1.23 bits per heavy atom. The van der Waals surface area contributed by atoms with Gasteiger partial charge < -0.3 is 15.0 Å². The normalized spacial score (nSPS) is 15.7. The van der Waals surface area contributed by atoms with Gasteiger partial charge in [-0.25, -0.2) is 17.9 Å². The molecule has 8 nitrogen and oxygen atoms in total. The number of ether oxygens (including phenoxy) is 1. The monoisotopic (exact) mass is 451 g/mol. The fourth-order valence-corrected chi connectivity index (χ4v) is 4.02. The predicted octanol–water partition coefficient (Wildman–Crippen LogP) is 2.11. The molecule has 1 aromatic carbocycles. The van der Waals surface area contributed by atoms with Crippen molar-refractivity contribution in [1.82, 2.24) is 14.9 Å². The molecule has 12 heteroatoms. The predicted molar refractivity (Wildman–Crippen MR) is 101 cm³/mol. The number of carbonyl (C=O) groups excluding carboxylic acids is 2. The molecule has 30 heavy (non-hydrogen) atoms. The van der Waals surface area contributed by atoms with Crippen molar-refractivity contribution in [2.24, 2.45) is 0 Å². The number of nitrogens with zero attached hydrogens (tertiary/aromatic N) is 1. The van der Waals surface area contributed by atoms with Crippen LogP contribution in [0.2, 0.25) is 0 Å². The molecule has 1 aromatic rings. The van der Waals surface area contributed by atoms with Crippen LogP contribution < -0.4 is 10.0 Å². The van der Waals surface area contributed by atoms with E-state index in [1.165, 1.54) is 0 Å². The maximum Gasteiger partial charge on any atom is 0.416 e. The lowest BCUT2D eigenvalue weighted by Gasteiger charge is -2.31. The topological polar surface area (TPSA) is 105 Å². The van der Waals surface area contributed by atoms with Gasteiger partial charge in [-0.3, -0.25) is 4.79 Å². The van der Waals surface area contributed by atoms with E-state index in [2.05, 4.69) is 10.0 Å².